The van der Waals surface area contributed by atoms with Crippen LogP contribution in [0.4, 0.5) is 0 Å². The predicted octanol–water partition coefficient (Wildman–Crippen LogP) is 1.18. The maximum absolute atomic E-state index is 12.4. The number of piperazine rings is 1. The number of hydrogen-bond acceptors (Lipinski definition) is 3. The number of amides is 3. The first-order valence-corrected chi connectivity index (χ1v) is 8.97. The number of aryl methyl sites for hydroxylation is 1. The number of benzene rings is 1. The highest BCUT2D eigenvalue weighted by atomic mass is 16.2. The average molecular weight is 343 g/mol. The van der Waals surface area contributed by atoms with Crippen LogP contribution in [0, 0.1) is 6.92 Å². The van der Waals surface area contributed by atoms with Crippen molar-refractivity contribution in [2.24, 2.45) is 0 Å². The van der Waals surface area contributed by atoms with Gasteiger partial charge in [0.25, 0.3) is 0 Å². The van der Waals surface area contributed by atoms with Crippen LogP contribution in [-0.4, -0.2) is 65.1 Å². The van der Waals surface area contributed by atoms with Gasteiger partial charge in [0.1, 0.15) is 6.54 Å². The van der Waals surface area contributed by atoms with Crippen molar-refractivity contribution in [2.75, 3.05) is 32.7 Å². The van der Waals surface area contributed by atoms with E-state index in [0.717, 1.165) is 43.5 Å². The molecule has 1 aromatic rings. The van der Waals surface area contributed by atoms with E-state index in [1.54, 1.807) is 9.80 Å². The SMILES string of the molecule is Cc1ccccc1CN1CCN(CC(=O)N2CCCCC2)C(=O)C1=O. The predicted molar refractivity (Wildman–Crippen MR) is 93.6 cm³/mol. The highest BCUT2D eigenvalue weighted by molar-refractivity contribution is 6.35. The normalized spacial score (nSPS) is 18.7. The Balaban J connectivity index is 1.58. The molecular weight excluding hydrogens is 318 g/mol. The van der Waals surface area contributed by atoms with Crippen LogP contribution in [0.25, 0.3) is 0 Å². The molecule has 2 fully saturated rings. The van der Waals surface area contributed by atoms with Crippen LogP contribution in [0.15, 0.2) is 24.3 Å². The van der Waals surface area contributed by atoms with Crippen LogP contribution in [0.3, 0.4) is 0 Å². The van der Waals surface area contributed by atoms with Crippen LogP contribution in [0.2, 0.25) is 0 Å². The van der Waals surface area contributed by atoms with Crippen LogP contribution >= 0.6 is 0 Å². The summed E-state index contributed by atoms with van der Waals surface area (Å²) >= 11 is 0. The summed E-state index contributed by atoms with van der Waals surface area (Å²) in [4.78, 5) is 41.9. The third-order valence-electron chi connectivity index (χ3n) is 5.05. The van der Waals surface area contributed by atoms with E-state index in [9.17, 15) is 14.4 Å². The van der Waals surface area contributed by atoms with Crippen LogP contribution in [0.5, 0.6) is 0 Å². The summed E-state index contributed by atoms with van der Waals surface area (Å²) in [5.74, 6) is -1.13. The topological polar surface area (TPSA) is 60.9 Å². The second kappa shape index (κ2) is 7.68. The Morgan fingerprint density at radius 3 is 2.28 bits per heavy atom. The van der Waals surface area contributed by atoms with Crippen LogP contribution < -0.4 is 0 Å². The van der Waals surface area contributed by atoms with Crippen molar-refractivity contribution in [1.82, 2.24) is 14.7 Å². The van der Waals surface area contributed by atoms with Gasteiger partial charge in [-0.3, -0.25) is 14.4 Å². The van der Waals surface area contributed by atoms with E-state index in [1.807, 2.05) is 31.2 Å². The first-order valence-electron chi connectivity index (χ1n) is 8.97. The van der Waals surface area contributed by atoms with Gasteiger partial charge in [0.2, 0.25) is 5.91 Å². The second-order valence-corrected chi connectivity index (χ2v) is 6.82. The van der Waals surface area contributed by atoms with E-state index in [-0.39, 0.29) is 12.5 Å². The monoisotopic (exact) mass is 343 g/mol. The molecule has 6 heteroatoms. The fourth-order valence-corrected chi connectivity index (χ4v) is 3.42. The zero-order valence-electron chi connectivity index (χ0n) is 14.7. The number of likely N-dealkylation sites (tertiary alicyclic amines) is 1. The second-order valence-electron chi connectivity index (χ2n) is 6.82. The van der Waals surface area contributed by atoms with Crippen molar-refractivity contribution < 1.29 is 14.4 Å². The summed E-state index contributed by atoms with van der Waals surface area (Å²) in [6, 6.07) is 7.85. The molecule has 0 spiro atoms. The highest BCUT2D eigenvalue weighted by Gasteiger charge is 2.34. The molecule has 0 atom stereocenters. The fraction of sp³-hybridized carbons (Fsp3) is 0.526. The van der Waals surface area contributed by atoms with Gasteiger partial charge in [-0.05, 0) is 37.3 Å². The molecule has 2 saturated heterocycles. The van der Waals surface area contributed by atoms with Crippen LogP contribution in [0.1, 0.15) is 30.4 Å². The molecule has 0 N–H and O–H groups in total. The molecule has 1 aromatic carbocycles. The van der Waals surface area contributed by atoms with E-state index in [2.05, 4.69) is 0 Å². The standard InChI is InChI=1S/C19H25N3O3/c1-15-7-3-4-8-16(15)13-21-11-12-22(19(25)18(21)24)14-17(23)20-9-5-2-6-10-20/h3-4,7-8H,2,5-6,9-14H2,1H3. The van der Waals surface area contributed by atoms with E-state index in [1.165, 1.54) is 4.90 Å². The first-order chi connectivity index (χ1) is 12.1. The molecule has 2 aliphatic heterocycles. The molecule has 0 unspecified atom stereocenters. The van der Waals surface area contributed by atoms with Crippen molar-refractivity contribution in [3.63, 3.8) is 0 Å². The number of piperidine rings is 1. The number of carbonyl (C=O) groups excluding carboxylic acids is 3. The van der Waals surface area contributed by atoms with E-state index in [0.29, 0.717) is 19.6 Å². The minimum atomic E-state index is -0.565. The summed E-state index contributed by atoms with van der Waals surface area (Å²) in [6.45, 7) is 4.84. The molecule has 25 heavy (non-hydrogen) atoms. The Bertz CT molecular complexity index is 668. The zero-order chi connectivity index (χ0) is 17.8. The van der Waals surface area contributed by atoms with E-state index < -0.39 is 11.8 Å². The summed E-state index contributed by atoms with van der Waals surface area (Å²) in [6.07, 6.45) is 3.18. The van der Waals surface area contributed by atoms with Crippen molar-refractivity contribution >= 4 is 17.7 Å². The Hall–Kier alpha value is -2.37. The lowest BCUT2D eigenvalue weighted by Gasteiger charge is -2.35. The van der Waals surface area contributed by atoms with Crippen molar-refractivity contribution in [1.29, 1.82) is 0 Å². The van der Waals surface area contributed by atoms with Crippen molar-refractivity contribution in [3.8, 4) is 0 Å². The molecule has 2 aliphatic rings. The molecule has 2 heterocycles. The quantitative estimate of drug-likeness (QED) is 0.771. The number of carbonyl (C=O) groups is 3. The van der Waals surface area contributed by atoms with Gasteiger partial charge in [0.15, 0.2) is 0 Å². The lowest BCUT2D eigenvalue weighted by Crippen LogP contribution is -2.56. The molecule has 0 radical (unpaired) electrons. The summed E-state index contributed by atoms with van der Waals surface area (Å²) in [7, 11) is 0. The molecule has 6 nitrogen and oxygen atoms in total. The Labute approximate surface area is 148 Å². The minimum absolute atomic E-state index is 0.0166. The zero-order valence-corrected chi connectivity index (χ0v) is 14.7. The van der Waals surface area contributed by atoms with Gasteiger partial charge < -0.3 is 14.7 Å². The molecule has 3 rings (SSSR count). The summed E-state index contributed by atoms with van der Waals surface area (Å²) in [5.41, 5.74) is 2.15. The number of rotatable bonds is 4. The Morgan fingerprint density at radius 1 is 0.920 bits per heavy atom. The summed E-state index contributed by atoms with van der Waals surface area (Å²) < 4.78 is 0. The smallest absolute Gasteiger partial charge is 0.312 e. The lowest BCUT2D eigenvalue weighted by atomic mass is 10.1. The Kier molecular flexibility index (Phi) is 5.36. The van der Waals surface area contributed by atoms with Gasteiger partial charge in [-0.1, -0.05) is 24.3 Å². The highest BCUT2D eigenvalue weighted by Crippen LogP contribution is 2.15. The average Bonchev–Trinajstić information content (AvgIpc) is 2.63. The van der Waals surface area contributed by atoms with Gasteiger partial charge in [-0.25, -0.2) is 0 Å². The van der Waals surface area contributed by atoms with Crippen molar-refractivity contribution in [2.45, 2.75) is 32.7 Å². The van der Waals surface area contributed by atoms with Gasteiger partial charge in [0, 0.05) is 32.7 Å². The fourth-order valence-electron chi connectivity index (χ4n) is 3.42. The molecule has 0 saturated carbocycles. The van der Waals surface area contributed by atoms with E-state index in [4.69, 9.17) is 0 Å². The molecular formula is C19H25N3O3. The molecule has 134 valence electrons. The van der Waals surface area contributed by atoms with E-state index >= 15 is 0 Å². The molecule has 0 aromatic heterocycles. The van der Waals surface area contributed by atoms with Gasteiger partial charge in [-0.15, -0.1) is 0 Å². The Morgan fingerprint density at radius 2 is 1.56 bits per heavy atom. The van der Waals surface area contributed by atoms with Gasteiger partial charge in [-0.2, -0.15) is 0 Å². The number of hydrogen-bond donors (Lipinski definition) is 0. The molecule has 3 amide bonds. The van der Waals surface area contributed by atoms with Gasteiger partial charge in [0.05, 0.1) is 0 Å². The maximum atomic E-state index is 12.4. The van der Waals surface area contributed by atoms with Crippen LogP contribution in [-0.2, 0) is 20.9 Å². The first kappa shape index (κ1) is 17.5. The third-order valence-corrected chi connectivity index (χ3v) is 5.05. The largest absolute Gasteiger partial charge is 0.341 e. The van der Waals surface area contributed by atoms with Crippen molar-refractivity contribution in [3.05, 3.63) is 35.4 Å². The number of nitrogens with zero attached hydrogens (tertiary/aromatic N) is 3. The maximum Gasteiger partial charge on any atom is 0.312 e. The van der Waals surface area contributed by atoms with Gasteiger partial charge >= 0.3 is 11.8 Å². The summed E-state index contributed by atoms with van der Waals surface area (Å²) in [5, 5.41) is 0. The lowest BCUT2D eigenvalue weighted by molar-refractivity contribution is -0.158. The third kappa shape index (κ3) is 4.00. The molecule has 0 bridgehead atoms. The minimum Gasteiger partial charge on any atom is -0.341 e. The molecule has 0 aliphatic carbocycles.